The van der Waals surface area contributed by atoms with E-state index < -0.39 is 17.9 Å². The van der Waals surface area contributed by atoms with Crippen molar-refractivity contribution in [1.29, 1.82) is 0 Å². The van der Waals surface area contributed by atoms with E-state index in [9.17, 15) is 19.8 Å². The van der Waals surface area contributed by atoms with E-state index in [1.807, 2.05) is 0 Å². The minimum absolute atomic E-state index is 0.0944. The van der Waals surface area contributed by atoms with Crippen LogP contribution in [0.25, 0.3) is 0 Å². The summed E-state index contributed by atoms with van der Waals surface area (Å²) < 4.78 is 5.18. The third-order valence-corrected chi connectivity index (χ3v) is 3.46. The highest BCUT2D eigenvalue weighted by Crippen LogP contribution is 2.18. The van der Waals surface area contributed by atoms with E-state index in [-0.39, 0.29) is 22.4 Å². The maximum atomic E-state index is 12.0. The molecule has 0 radical (unpaired) electrons. The first kappa shape index (κ1) is 15.1. The molecule has 0 saturated carbocycles. The average molecular weight is 354 g/mol. The van der Waals surface area contributed by atoms with E-state index >= 15 is 0 Å². The van der Waals surface area contributed by atoms with Crippen molar-refractivity contribution < 1.29 is 24.2 Å². The van der Waals surface area contributed by atoms with Gasteiger partial charge in [-0.15, -0.1) is 0 Å². The molecule has 1 unspecified atom stereocenters. The lowest BCUT2D eigenvalue weighted by molar-refractivity contribution is -0.139. The van der Waals surface area contributed by atoms with Crippen molar-refractivity contribution >= 4 is 27.8 Å². The van der Waals surface area contributed by atoms with Gasteiger partial charge in [-0.3, -0.25) is 4.79 Å². The Morgan fingerprint density at radius 2 is 1.90 bits per heavy atom. The molecule has 21 heavy (non-hydrogen) atoms. The lowest BCUT2D eigenvalue weighted by Gasteiger charge is -2.14. The van der Waals surface area contributed by atoms with Crippen LogP contribution in [0, 0.1) is 0 Å². The van der Waals surface area contributed by atoms with Crippen LogP contribution in [0.4, 0.5) is 0 Å². The number of carbonyl (C=O) groups is 2. The van der Waals surface area contributed by atoms with Gasteiger partial charge in [0.15, 0.2) is 4.67 Å². The number of aliphatic carboxylic acids is 1. The molecule has 1 aromatic carbocycles. The smallest absolute Gasteiger partial charge is 0.326 e. The van der Waals surface area contributed by atoms with Crippen LogP contribution in [0.15, 0.2) is 45.7 Å². The first-order valence-corrected chi connectivity index (χ1v) is 6.81. The van der Waals surface area contributed by atoms with Gasteiger partial charge >= 0.3 is 5.97 Å². The Bertz CT molecular complexity index is 650. The van der Waals surface area contributed by atoms with Gasteiger partial charge in [0.2, 0.25) is 0 Å². The van der Waals surface area contributed by atoms with Gasteiger partial charge < -0.3 is 19.9 Å². The highest BCUT2D eigenvalue weighted by Gasteiger charge is 2.23. The Balaban J connectivity index is 2.09. The van der Waals surface area contributed by atoms with Crippen molar-refractivity contribution in [2.45, 2.75) is 12.5 Å². The lowest BCUT2D eigenvalue weighted by atomic mass is 10.1. The van der Waals surface area contributed by atoms with Gasteiger partial charge in [-0.1, -0.05) is 12.1 Å². The largest absolute Gasteiger partial charge is 0.508 e. The number of phenolic OH excluding ortho intramolecular Hbond substituents is 1. The second-order valence-corrected chi connectivity index (χ2v) is 5.06. The number of furan rings is 1. The van der Waals surface area contributed by atoms with E-state index in [0.29, 0.717) is 5.56 Å². The first-order valence-electron chi connectivity index (χ1n) is 6.02. The zero-order valence-corrected chi connectivity index (χ0v) is 12.3. The minimum Gasteiger partial charge on any atom is -0.508 e. The fraction of sp³-hybridized carbons (Fsp3) is 0.143. The van der Waals surface area contributed by atoms with Gasteiger partial charge in [-0.2, -0.15) is 0 Å². The van der Waals surface area contributed by atoms with Crippen molar-refractivity contribution in [1.82, 2.24) is 5.32 Å². The number of hydrogen-bond acceptors (Lipinski definition) is 4. The fourth-order valence-corrected chi connectivity index (χ4v) is 2.18. The van der Waals surface area contributed by atoms with E-state index in [4.69, 9.17) is 4.42 Å². The summed E-state index contributed by atoms with van der Waals surface area (Å²) in [5.74, 6) is -1.59. The summed E-state index contributed by atoms with van der Waals surface area (Å²) in [5.41, 5.74) is 0.915. The fourth-order valence-electron chi connectivity index (χ4n) is 1.76. The van der Waals surface area contributed by atoms with Gasteiger partial charge in [0.1, 0.15) is 11.8 Å². The SMILES string of the molecule is O=C(NC(Cc1ccc(O)cc1)C(=O)O)c1ccoc1Br. The van der Waals surface area contributed by atoms with Gasteiger partial charge in [-0.25, -0.2) is 4.79 Å². The van der Waals surface area contributed by atoms with E-state index in [0.717, 1.165) is 0 Å². The van der Waals surface area contributed by atoms with Gasteiger partial charge in [0.25, 0.3) is 5.91 Å². The summed E-state index contributed by atoms with van der Waals surface area (Å²) >= 11 is 3.07. The first-order chi connectivity index (χ1) is 9.97. The van der Waals surface area contributed by atoms with Gasteiger partial charge in [-0.05, 0) is 39.7 Å². The lowest BCUT2D eigenvalue weighted by Crippen LogP contribution is -2.42. The maximum absolute atomic E-state index is 12.0. The van der Waals surface area contributed by atoms with Crippen molar-refractivity contribution in [3.8, 4) is 5.75 Å². The second kappa shape index (κ2) is 6.45. The second-order valence-electron chi connectivity index (χ2n) is 4.34. The molecule has 0 aliphatic rings. The summed E-state index contributed by atoms with van der Waals surface area (Å²) in [6.45, 7) is 0. The normalized spacial score (nSPS) is 11.9. The standard InChI is InChI=1S/C14H12BrNO5/c15-12-10(5-6-21-12)13(18)16-11(14(19)20)7-8-1-3-9(17)4-2-8/h1-6,11,17H,7H2,(H,16,18)(H,19,20). The Hall–Kier alpha value is -2.28. The van der Waals surface area contributed by atoms with Crippen molar-refractivity contribution in [3.05, 3.63) is 52.4 Å². The summed E-state index contributed by atoms with van der Waals surface area (Å²) in [7, 11) is 0. The number of phenols is 1. The van der Waals surface area contributed by atoms with E-state index in [1.54, 1.807) is 12.1 Å². The number of rotatable bonds is 5. The maximum Gasteiger partial charge on any atom is 0.326 e. The number of halogens is 1. The number of carboxylic acid groups (broad SMARTS) is 1. The third-order valence-electron chi connectivity index (χ3n) is 2.84. The molecule has 0 aliphatic carbocycles. The van der Waals surface area contributed by atoms with Crippen LogP contribution >= 0.6 is 15.9 Å². The average Bonchev–Trinajstić information content (AvgIpc) is 2.86. The van der Waals surface area contributed by atoms with Crippen molar-refractivity contribution in [3.63, 3.8) is 0 Å². The monoisotopic (exact) mass is 353 g/mol. The topological polar surface area (TPSA) is 99.8 Å². The Kier molecular flexibility index (Phi) is 4.64. The molecule has 0 saturated heterocycles. The molecule has 3 N–H and O–H groups in total. The Labute approximate surface area is 128 Å². The molecule has 1 atom stereocenters. The van der Waals surface area contributed by atoms with Crippen LogP contribution in [-0.4, -0.2) is 28.1 Å². The number of nitrogens with one attached hydrogen (secondary N) is 1. The molecule has 2 rings (SSSR count). The van der Waals surface area contributed by atoms with E-state index in [1.165, 1.54) is 24.5 Å². The molecule has 1 aromatic heterocycles. The number of benzene rings is 1. The molecule has 6 nitrogen and oxygen atoms in total. The molecular formula is C14H12BrNO5. The predicted molar refractivity (Wildman–Crippen MR) is 77.1 cm³/mol. The summed E-state index contributed by atoms with van der Waals surface area (Å²) in [6, 6.07) is 6.49. The van der Waals surface area contributed by atoms with Gasteiger partial charge in [0, 0.05) is 6.42 Å². The zero-order chi connectivity index (χ0) is 15.4. The summed E-state index contributed by atoms with van der Waals surface area (Å²) in [4.78, 5) is 23.2. The highest BCUT2D eigenvalue weighted by molar-refractivity contribution is 9.10. The van der Waals surface area contributed by atoms with Crippen LogP contribution in [0.2, 0.25) is 0 Å². The zero-order valence-electron chi connectivity index (χ0n) is 10.7. The summed E-state index contributed by atoms with van der Waals surface area (Å²) in [5, 5.41) is 20.8. The molecule has 1 heterocycles. The predicted octanol–water partition coefficient (Wildman–Crippen LogP) is 2.17. The Morgan fingerprint density at radius 3 is 2.43 bits per heavy atom. The summed E-state index contributed by atoms with van der Waals surface area (Å²) in [6.07, 6.45) is 1.44. The minimum atomic E-state index is -1.14. The molecule has 1 amide bonds. The van der Waals surface area contributed by atoms with E-state index in [2.05, 4.69) is 21.2 Å². The Morgan fingerprint density at radius 1 is 1.24 bits per heavy atom. The quantitative estimate of drug-likeness (QED) is 0.764. The number of amides is 1. The third kappa shape index (κ3) is 3.85. The van der Waals surface area contributed by atoms with Crippen molar-refractivity contribution in [2.75, 3.05) is 0 Å². The number of carboxylic acids is 1. The van der Waals surface area contributed by atoms with Crippen LogP contribution in [0.1, 0.15) is 15.9 Å². The number of hydrogen-bond donors (Lipinski definition) is 3. The molecular weight excluding hydrogens is 342 g/mol. The molecule has 0 fully saturated rings. The number of carbonyl (C=O) groups excluding carboxylic acids is 1. The molecule has 110 valence electrons. The van der Waals surface area contributed by atoms with Crippen LogP contribution in [0.3, 0.4) is 0 Å². The molecule has 2 aromatic rings. The molecule has 0 bridgehead atoms. The number of aromatic hydroxyl groups is 1. The highest BCUT2D eigenvalue weighted by atomic mass is 79.9. The molecule has 0 aliphatic heterocycles. The van der Waals surface area contributed by atoms with Gasteiger partial charge in [0.05, 0.1) is 11.8 Å². The van der Waals surface area contributed by atoms with Crippen LogP contribution in [0.5, 0.6) is 5.75 Å². The van der Waals surface area contributed by atoms with Crippen LogP contribution < -0.4 is 5.32 Å². The van der Waals surface area contributed by atoms with Crippen LogP contribution in [-0.2, 0) is 11.2 Å². The van der Waals surface area contributed by atoms with Crippen molar-refractivity contribution in [2.24, 2.45) is 0 Å². The molecule has 7 heteroatoms. The molecule has 0 spiro atoms.